The lowest BCUT2D eigenvalue weighted by molar-refractivity contribution is -0.113. The van der Waals surface area contributed by atoms with Gasteiger partial charge in [-0.25, -0.2) is 4.98 Å². The molecule has 0 aliphatic carbocycles. The molecule has 126 valence electrons. The van der Waals surface area contributed by atoms with Gasteiger partial charge in [0.05, 0.1) is 5.75 Å². The zero-order valence-corrected chi connectivity index (χ0v) is 14.6. The Hall–Kier alpha value is -2.57. The zero-order valence-electron chi connectivity index (χ0n) is 13.1. The molecule has 1 heterocycles. The van der Waals surface area contributed by atoms with Gasteiger partial charge in [-0.05, 0) is 36.4 Å². The minimum Gasteiger partial charge on any atom is -0.325 e. The van der Waals surface area contributed by atoms with E-state index in [0.717, 1.165) is 17.4 Å². The third-order valence-corrected chi connectivity index (χ3v) is 4.52. The molecule has 0 atom stereocenters. The molecule has 7 heteroatoms. The maximum atomic E-state index is 12.5. The highest BCUT2D eigenvalue weighted by atomic mass is 35.5. The van der Waals surface area contributed by atoms with E-state index in [9.17, 15) is 9.59 Å². The number of anilines is 1. The Morgan fingerprint density at radius 1 is 1.12 bits per heavy atom. The molecule has 0 fully saturated rings. The number of thioether (sulfide) groups is 1. The fourth-order valence-corrected chi connectivity index (χ4v) is 2.97. The first kappa shape index (κ1) is 17.3. The number of hydrogen-bond acceptors (Lipinski definition) is 4. The number of benzene rings is 2. The van der Waals surface area contributed by atoms with Crippen molar-refractivity contribution in [1.29, 1.82) is 0 Å². The molecule has 3 aromatic rings. The topological polar surface area (TPSA) is 64.0 Å². The van der Waals surface area contributed by atoms with Gasteiger partial charge < -0.3 is 5.32 Å². The van der Waals surface area contributed by atoms with Crippen LogP contribution in [0.3, 0.4) is 0 Å². The molecule has 2 aromatic carbocycles. The van der Waals surface area contributed by atoms with E-state index < -0.39 is 0 Å². The van der Waals surface area contributed by atoms with E-state index in [1.165, 1.54) is 4.57 Å². The molecule has 0 aliphatic rings. The van der Waals surface area contributed by atoms with Crippen LogP contribution >= 0.6 is 23.4 Å². The van der Waals surface area contributed by atoms with Crippen LogP contribution in [0, 0.1) is 0 Å². The van der Waals surface area contributed by atoms with E-state index in [4.69, 9.17) is 11.6 Å². The highest BCUT2D eigenvalue weighted by Gasteiger charge is 2.10. The lowest BCUT2D eigenvalue weighted by Gasteiger charge is -2.07. The largest absolute Gasteiger partial charge is 0.325 e. The Bertz CT molecular complexity index is 927. The summed E-state index contributed by atoms with van der Waals surface area (Å²) >= 11 is 6.91. The van der Waals surface area contributed by atoms with Gasteiger partial charge in [0.15, 0.2) is 5.03 Å². The molecule has 5 nitrogen and oxygen atoms in total. The molecule has 3 rings (SSSR count). The SMILES string of the molecule is O=C(CSc1nccn(-c2ccccc2)c1=O)Nc1ccc(Cl)cc1. The van der Waals surface area contributed by atoms with Crippen LogP contribution in [0.1, 0.15) is 0 Å². The number of rotatable bonds is 5. The van der Waals surface area contributed by atoms with E-state index in [2.05, 4.69) is 10.3 Å². The molecule has 25 heavy (non-hydrogen) atoms. The van der Waals surface area contributed by atoms with E-state index in [1.54, 1.807) is 36.7 Å². The summed E-state index contributed by atoms with van der Waals surface area (Å²) in [6.45, 7) is 0. The highest BCUT2D eigenvalue weighted by Crippen LogP contribution is 2.15. The molecular formula is C18H14ClN3O2S. The number of hydrogen-bond donors (Lipinski definition) is 1. The number of carbonyl (C=O) groups is 1. The number of nitrogens with zero attached hydrogens (tertiary/aromatic N) is 2. The van der Waals surface area contributed by atoms with Gasteiger partial charge in [0.1, 0.15) is 0 Å². The average molecular weight is 372 g/mol. The van der Waals surface area contributed by atoms with Crippen molar-refractivity contribution < 1.29 is 4.79 Å². The van der Waals surface area contributed by atoms with Crippen LogP contribution in [-0.2, 0) is 4.79 Å². The van der Waals surface area contributed by atoms with Gasteiger partial charge in [-0.3, -0.25) is 14.2 Å². The van der Waals surface area contributed by atoms with Gasteiger partial charge in [0, 0.05) is 28.8 Å². The molecule has 0 unspecified atom stereocenters. The Morgan fingerprint density at radius 2 is 1.84 bits per heavy atom. The predicted molar refractivity (Wildman–Crippen MR) is 101 cm³/mol. The van der Waals surface area contributed by atoms with Gasteiger partial charge in [-0.15, -0.1) is 0 Å². The number of aromatic nitrogens is 2. The Balaban J connectivity index is 1.68. The smallest absolute Gasteiger partial charge is 0.287 e. The molecule has 1 amide bonds. The van der Waals surface area contributed by atoms with Crippen molar-refractivity contribution in [3.8, 4) is 5.69 Å². The zero-order chi connectivity index (χ0) is 17.6. The summed E-state index contributed by atoms with van der Waals surface area (Å²) in [5.41, 5.74) is 1.15. The summed E-state index contributed by atoms with van der Waals surface area (Å²) < 4.78 is 1.51. The third kappa shape index (κ3) is 4.49. The average Bonchev–Trinajstić information content (AvgIpc) is 2.63. The third-order valence-electron chi connectivity index (χ3n) is 3.31. The number of amides is 1. The molecule has 0 spiro atoms. The predicted octanol–water partition coefficient (Wildman–Crippen LogP) is 3.62. The van der Waals surface area contributed by atoms with Crippen molar-refractivity contribution in [3.05, 3.63) is 82.4 Å². The van der Waals surface area contributed by atoms with Crippen LogP contribution in [0.4, 0.5) is 5.69 Å². The minimum absolute atomic E-state index is 0.0870. The second-order valence-corrected chi connectivity index (χ2v) is 6.49. The van der Waals surface area contributed by atoms with Crippen LogP contribution in [0.25, 0.3) is 5.69 Å². The van der Waals surface area contributed by atoms with E-state index in [-0.39, 0.29) is 22.2 Å². The summed E-state index contributed by atoms with van der Waals surface area (Å²) in [7, 11) is 0. The van der Waals surface area contributed by atoms with Crippen LogP contribution in [0.15, 0.2) is 76.8 Å². The van der Waals surface area contributed by atoms with Gasteiger partial charge in [0.2, 0.25) is 5.91 Å². The molecule has 0 radical (unpaired) electrons. The normalized spacial score (nSPS) is 10.4. The van der Waals surface area contributed by atoms with Gasteiger partial charge in [-0.2, -0.15) is 0 Å². The minimum atomic E-state index is -0.252. The Labute approximate surface area is 153 Å². The summed E-state index contributed by atoms with van der Waals surface area (Å²) in [5.74, 6) is -0.132. The van der Waals surface area contributed by atoms with Crippen molar-refractivity contribution >= 4 is 35.0 Å². The van der Waals surface area contributed by atoms with E-state index in [0.29, 0.717) is 10.7 Å². The highest BCUT2D eigenvalue weighted by molar-refractivity contribution is 7.99. The maximum Gasteiger partial charge on any atom is 0.287 e. The monoisotopic (exact) mass is 371 g/mol. The summed E-state index contributed by atoms with van der Waals surface area (Å²) in [5, 5.41) is 3.63. The van der Waals surface area contributed by atoms with Crippen molar-refractivity contribution in [1.82, 2.24) is 9.55 Å². The van der Waals surface area contributed by atoms with Crippen LogP contribution in [-0.4, -0.2) is 21.2 Å². The number of halogens is 1. The summed E-state index contributed by atoms with van der Waals surface area (Å²) in [6.07, 6.45) is 3.16. The van der Waals surface area contributed by atoms with Gasteiger partial charge >= 0.3 is 0 Å². The summed E-state index contributed by atoms with van der Waals surface area (Å²) in [4.78, 5) is 28.6. The standard InChI is InChI=1S/C18H14ClN3O2S/c19-13-6-8-14(9-7-13)21-16(23)12-25-17-18(24)22(11-10-20-17)15-4-2-1-3-5-15/h1-11H,12H2,(H,21,23). The van der Waals surface area contributed by atoms with Crippen molar-refractivity contribution in [2.24, 2.45) is 0 Å². The van der Waals surface area contributed by atoms with Crippen LogP contribution in [0.5, 0.6) is 0 Å². The molecular weight excluding hydrogens is 358 g/mol. The number of para-hydroxylation sites is 1. The molecule has 1 aromatic heterocycles. The molecule has 0 bridgehead atoms. The first-order chi connectivity index (χ1) is 12.1. The first-order valence-corrected chi connectivity index (χ1v) is 8.81. The lowest BCUT2D eigenvalue weighted by atomic mass is 10.3. The molecule has 0 aliphatic heterocycles. The molecule has 0 saturated carbocycles. The Morgan fingerprint density at radius 3 is 2.56 bits per heavy atom. The van der Waals surface area contributed by atoms with Crippen molar-refractivity contribution in [2.75, 3.05) is 11.1 Å². The molecule has 0 saturated heterocycles. The second kappa shape index (κ2) is 8.00. The van der Waals surface area contributed by atoms with E-state index >= 15 is 0 Å². The Kier molecular flexibility index (Phi) is 5.53. The van der Waals surface area contributed by atoms with Crippen LogP contribution in [0.2, 0.25) is 5.02 Å². The first-order valence-electron chi connectivity index (χ1n) is 7.45. The molecule has 1 N–H and O–H groups in total. The number of carbonyl (C=O) groups excluding carboxylic acids is 1. The van der Waals surface area contributed by atoms with Crippen molar-refractivity contribution in [2.45, 2.75) is 5.03 Å². The van der Waals surface area contributed by atoms with E-state index in [1.807, 2.05) is 30.3 Å². The van der Waals surface area contributed by atoms with Crippen molar-refractivity contribution in [3.63, 3.8) is 0 Å². The van der Waals surface area contributed by atoms with Gasteiger partial charge in [0.25, 0.3) is 5.56 Å². The number of nitrogens with one attached hydrogen (secondary N) is 1. The fourth-order valence-electron chi connectivity index (χ4n) is 2.15. The van der Waals surface area contributed by atoms with Crippen LogP contribution < -0.4 is 10.9 Å². The maximum absolute atomic E-state index is 12.5. The second-order valence-electron chi connectivity index (χ2n) is 5.09. The summed E-state index contributed by atoms with van der Waals surface area (Å²) in [6, 6.07) is 16.1. The fraction of sp³-hybridized carbons (Fsp3) is 0.0556. The quantitative estimate of drug-likeness (QED) is 0.696. The van der Waals surface area contributed by atoms with Gasteiger partial charge in [-0.1, -0.05) is 41.6 Å². The lowest BCUT2D eigenvalue weighted by Crippen LogP contribution is -2.22.